The van der Waals surface area contributed by atoms with Gasteiger partial charge in [-0.05, 0) is 48.6 Å². The summed E-state index contributed by atoms with van der Waals surface area (Å²) in [5, 5.41) is 11.1. The second-order valence-electron chi connectivity index (χ2n) is 5.53. The van der Waals surface area contributed by atoms with Crippen molar-refractivity contribution >= 4 is 5.69 Å². The summed E-state index contributed by atoms with van der Waals surface area (Å²) in [6.45, 7) is 2.71. The lowest BCUT2D eigenvalue weighted by Gasteiger charge is -2.24. The molecule has 1 aliphatic rings. The van der Waals surface area contributed by atoms with Crippen LogP contribution >= 0.6 is 0 Å². The first-order chi connectivity index (χ1) is 10.1. The minimum atomic E-state index is -0.998. The highest BCUT2D eigenvalue weighted by Crippen LogP contribution is 2.42. The number of hydrogen-bond donors (Lipinski definition) is 2. The Hall–Kier alpha value is -2.07. The summed E-state index contributed by atoms with van der Waals surface area (Å²) < 4.78 is 5.61. The largest absolute Gasteiger partial charge is 0.492 e. The molecule has 3 rings (SSSR count). The van der Waals surface area contributed by atoms with E-state index < -0.39 is 5.60 Å². The molecule has 3 N–H and O–H groups in total. The highest BCUT2D eigenvalue weighted by molar-refractivity contribution is 5.52. The number of rotatable bonds is 4. The predicted molar refractivity (Wildman–Crippen MR) is 82.2 cm³/mol. The summed E-state index contributed by atoms with van der Waals surface area (Å²) in [6, 6.07) is 7.57. The highest BCUT2D eigenvalue weighted by Gasteiger charge is 2.38. The molecule has 1 atom stereocenters. The van der Waals surface area contributed by atoms with Crippen LogP contribution in [0.1, 0.15) is 36.5 Å². The number of nitrogens with two attached hydrogens (primary N) is 1. The molecule has 1 aromatic heterocycles. The van der Waals surface area contributed by atoms with Gasteiger partial charge in [-0.1, -0.05) is 13.0 Å². The third-order valence-corrected chi connectivity index (χ3v) is 3.99. The van der Waals surface area contributed by atoms with Crippen LogP contribution in [-0.4, -0.2) is 16.7 Å². The van der Waals surface area contributed by atoms with Gasteiger partial charge in [-0.15, -0.1) is 0 Å². The van der Waals surface area contributed by atoms with Gasteiger partial charge in [-0.3, -0.25) is 4.98 Å². The number of pyridine rings is 1. The number of aryl methyl sites for hydroxylation is 1. The van der Waals surface area contributed by atoms with E-state index in [2.05, 4.69) is 11.9 Å². The Kier molecular flexibility index (Phi) is 3.55. The Labute approximate surface area is 124 Å². The topological polar surface area (TPSA) is 68.4 Å². The first kappa shape index (κ1) is 13.9. The number of hydrogen-bond acceptors (Lipinski definition) is 4. The number of aromatic nitrogens is 1. The molecule has 2 aromatic rings. The zero-order valence-corrected chi connectivity index (χ0v) is 12.2. The number of nitrogens with zero attached hydrogens (tertiary/aromatic N) is 1. The molecule has 110 valence electrons. The molecule has 0 spiro atoms. The van der Waals surface area contributed by atoms with E-state index in [4.69, 9.17) is 10.5 Å². The Morgan fingerprint density at radius 3 is 3.00 bits per heavy atom. The lowest BCUT2D eigenvalue weighted by Crippen LogP contribution is -2.24. The second-order valence-corrected chi connectivity index (χ2v) is 5.53. The molecule has 21 heavy (non-hydrogen) atoms. The smallest absolute Gasteiger partial charge is 0.137 e. The van der Waals surface area contributed by atoms with Crippen LogP contribution in [0.15, 0.2) is 36.7 Å². The van der Waals surface area contributed by atoms with Gasteiger partial charge in [0.15, 0.2) is 0 Å². The summed E-state index contributed by atoms with van der Waals surface area (Å²) in [7, 11) is 0. The van der Waals surface area contributed by atoms with Crippen molar-refractivity contribution in [1.29, 1.82) is 0 Å². The number of nitrogen functional groups attached to an aromatic ring is 1. The van der Waals surface area contributed by atoms with Crippen LogP contribution in [0, 0.1) is 0 Å². The summed E-state index contributed by atoms with van der Waals surface area (Å²) in [4.78, 5) is 4.21. The minimum absolute atomic E-state index is 0.644. The van der Waals surface area contributed by atoms with E-state index in [1.807, 2.05) is 24.3 Å². The molecule has 0 bridgehead atoms. The minimum Gasteiger partial charge on any atom is -0.492 e. The third-order valence-electron chi connectivity index (χ3n) is 3.99. The maximum Gasteiger partial charge on any atom is 0.137 e. The van der Waals surface area contributed by atoms with E-state index in [0.717, 1.165) is 35.2 Å². The summed E-state index contributed by atoms with van der Waals surface area (Å²) in [6.07, 6.45) is 5.80. The Bertz CT molecular complexity index is 657. The van der Waals surface area contributed by atoms with Crippen molar-refractivity contribution in [2.24, 2.45) is 0 Å². The normalized spacial score (nSPS) is 20.3. The fraction of sp³-hybridized carbons (Fsp3) is 0.353. The van der Waals surface area contributed by atoms with E-state index in [0.29, 0.717) is 18.8 Å². The number of fused-ring (bicyclic) bond motifs is 1. The fourth-order valence-corrected chi connectivity index (χ4v) is 2.92. The molecule has 1 aliphatic carbocycles. The van der Waals surface area contributed by atoms with Crippen molar-refractivity contribution in [2.45, 2.75) is 31.8 Å². The van der Waals surface area contributed by atoms with Crippen molar-refractivity contribution in [3.8, 4) is 5.75 Å². The van der Waals surface area contributed by atoms with Crippen LogP contribution < -0.4 is 10.5 Å². The number of aliphatic hydroxyl groups is 1. The Morgan fingerprint density at radius 1 is 1.33 bits per heavy atom. The lowest BCUT2D eigenvalue weighted by atomic mass is 9.89. The molecule has 0 saturated heterocycles. The summed E-state index contributed by atoms with van der Waals surface area (Å²) in [5.41, 5.74) is 8.37. The number of benzene rings is 1. The average molecular weight is 284 g/mol. The fourth-order valence-electron chi connectivity index (χ4n) is 2.92. The molecule has 0 aliphatic heterocycles. The zero-order valence-electron chi connectivity index (χ0n) is 12.2. The number of anilines is 1. The Balaban J connectivity index is 1.97. The van der Waals surface area contributed by atoms with Crippen LogP contribution in [0.4, 0.5) is 5.69 Å². The van der Waals surface area contributed by atoms with Crippen molar-refractivity contribution in [2.75, 3.05) is 12.3 Å². The van der Waals surface area contributed by atoms with Crippen molar-refractivity contribution in [1.82, 2.24) is 4.98 Å². The van der Waals surface area contributed by atoms with Gasteiger partial charge in [0.25, 0.3) is 0 Å². The molecule has 0 fully saturated rings. The molecule has 1 heterocycles. The van der Waals surface area contributed by atoms with Crippen molar-refractivity contribution in [3.05, 3.63) is 53.3 Å². The maximum absolute atomic E-state index is 11.1. The quantitative estimate of drug-likeness (QED) is 0.847. The monoisotopic (exact) mass is 284 g/mol. The first-order valence-corrected chi connectivity index (χ1v) is 7.33. The molecule has 1 aromatic carbocycles. The molecular formula is C17H20N2O2. The Morgan fingerprint density at radius 2 is 2.19 bits per heavy atom. The molecular weight excluding hydrogens is 264 g/mol. The van der Waals surface area contributed by atoms with E-state index in [9.17, 15) is 5.11 Å². The molecule has 0 saturated carbocycles. The van der Waals surface area contributed by atoms with Crippen molar-refractivity contribution < 1.29 is 9.84 Å². The van der Waals surface area contributed by atoms with Crippen molar-refractivity contribution in [3.63, 3.8) is 0 Å². The van der Waals surface area contributed by atoms with Gasteiger partial charge in [0, 0.05) is 17.4 Å². The van der Waals surface area contributed by atoms with Gasteiger partial charge >= 0.3 is 0 Å². The van der Waals surface area contributed by atoms with Crippen LogP contribution in [-0.2, 0) is 12.0 Å². The summed E-state index contributed by atoms with van der Waals surface area (Å²) in [5.74, 6) is 0.701. The predicted octanol–water partition coefficient (Wildman–Crippen LogP) is 2.63. The van der Waals surface area contributed by atoms with Gasteiger partial charge in [-0.25, -0.2) is 0 Å². The number of ether oxygens (including phenoxy) is 1. The van der Waals surface area contributed by atoms with Crippen LogP contribution in [0.5, 0.6) is 5.75 Å². The average Bonchev–Trinajstić information content (AvgIpc) is 2.83. The summed E-state index contributed by atoms with van der Waals surface area (Å²) >= 11 is 0. The first-order valence-electron chi connectivity index (χ1n) is 7.33. The van der Waals surface area contributed by atoms with Crippen LogP contribution in [0.3, 0.4) is 0 Å². The van der Waals surface area contributed by atoms with E-state index in [-0.39, 0.29) is 0 Å². The van der Waals surface area contributed by atoms with Gasteiger partial charge in [0.05, 0.1) is 12.8 Å². The molecule has 1 unspecified atom stereocenters. The molecule has 4 heteroatoms. The van der Waals surface area contributed by atoms with Gasteiger partial charge < -0.3 is 15.6 Å². The van der Waals surface area contributed by atoms with E-state index in [1.165, 1.54) is 0 Å². The molecule has 0 amide bonds. The maximum atomic E-state index is 11.1. The van der Waals surface area contributed by atoms with Gasteiger partial charge in [0.1, 0.15) is 11.4 Å². The SMILES string of the molecule is CCCOc1cncc(C2(O)CCc3cc(N)ccc32)c1. The highest BCUT2D eigenvalue weighted by atomic mass is 16.5. The lowest BCUT2D eigenvalue weighted by molar-refractivity contribution is 0.0822. The molecule has 0 radical (unpaired) electrons. The van der Waals surface area contributed by atoms with Gasteiger partial charge in [0.2, 0.25) is 0 Å². The van der Waals surface area contributed by atoms with E-state index >= 15 is 0 Å². The zero-order chi connectivity index (χ0) is 14.9. The van der Waals surface area contributed by atoms with Crippen LogP contribution in [0.2, 0.25) is 0 Å². The van der Waals surface area contributed by atoms with E-state index in [1.54, 1.807) is 12.4 Å². The van der Waals surface area contributed by atoms with Gasteiger partial charge in [-0.2, -0.15) is 0 Å². The third kappa shape index (κ3) is 2.47. The second kappa shape index (κ2) is 5.37. The van der Waals surface area contributed by atoms with Crippen LogP contribution in [0.25, 0.3) is 0 Å². The standard InChI is InChI=1S/C17H20N2O2/c1-2-7-21-15-9-13(10-19-11-15)17(20)6-5-12-8-14(18)3-4-16(12)17/h3-4,8-11,20H,2,5-7,18H2,1H3. The molecule has 4 nitrogen and oxygen atoms in total.